The van der Waals surface area contributed by atoms with Crippen LogP contribution in [0, 0.1) is 9.39 Å². The molecule has 0 saturated heterocycles. The lowest BCUT2D eigenvalue weighted by Crippen LogP contribution is -2.30. The zero-order chi connectivity index (χ0) is 15.4. The van der Waals surface area contributed by atoms with Crippen LogP contribution in [0.4, 0.5) is 15.8 Å². The van der Waals surface area contributed by atoms with Crippen LogP contribution in [-0.4, -0.2) is 12.0 Å². The molecule has 0 heterocycles. The van der Waals surface area contributed by atoms with Gasteiger partial charge in [-0.05, 0) is 59.8 Å². The van der Waals surface area contributed by atoms with E-state index in [9.17, 15) is 9.18 Å². The largest absolute Gasteiger partial charge is 0.480 e. The third-order valence-corrected chi connectivity index (χ3v) is 3.65. The van der Waals surface area contributed by atoms with Gasteiger partial charge in [-0.1, -0.05) is 12.1 Å². The number of para-hydroxylation sites is 1. The number of nitrogen functional groups attached to an aromatic ring is 1. The van der Waals surface area contributed by atoms with Gasteiger partial charge in [-0.15, -0.1) is 0 Å². The molecule has 110 valence electrons. The van der Waals surface area contributed by atoms with Crippen LogP contribution in [0.15, 0.2) is 42.5 Å². The summed E-state index contributed by atoms with van der Waals surface area (Å²) in [6.45, 7) is 1.60. The fourth-order valence-electron chi connectivity index (χ4n) is 1.66. The Bertz CT molecular complexity index is 664. The number of hydrogen-bond acceptors (Lipinski definition) is 3. The van der Waals surface area contributed by atoms with Crippen molar-refractivity contribution < 1.29 is 13.9 Å². The molecule has 2 aromatic rings. The molecule has 0 bridgehead atoms. The van der Waals surface area contributed by atoms with Gasteiger partial charge in [0, 0.05) is 5.69 Å². The van der Waals surface area contributed by atoms with Gasteiger partial charge < -0.3 is 15.8 Å². The molecule has 0 aromatic heterocycles. The first-order chi connectivity index (χ1) is 9.97. The molecule has 0 spiro atoms. The van der Waals surface area contributed by atoms with E-state index in [-0.39, 0.29) is 5.69 Å². The fourth-order valence-corrected chi connectivity index (χ4v) is 2.17. The molecular weight excluding hydrogens is 386 g/mol. The molecule has 4 nitrogen and oxygen atoms in total. The highest BCUT2D eigenvalue weighted by Crippen LogP contribution is 2.22. The molecule has 2 aromatic carbocycles. The summed E-state index contributed by atoms with van der Waals surface area (Å²) in [5.41, 5.74) is 5.99. The topological polar surface area (TPSA) is 64.3 Å². The first kappa shape index (κ1) is 15.6. The number of carbonyl (C=O) groups is 1. The summed E-state index contributed by atoms with van der Waals surface area (Å²) in [6.07, 6.45) is -0.762. The maximum Gasteiger partial charge on any atom is 0.265 e. The Kier molecular flexibility index (Phi) is 5.00. The number of halogens is 2. The first-order valence-electron chi connectivity index (χ1n) is 6.24. The summed E-state index contributed by atoms with van der Waals surface area (Å²) in [6, 6.07) is 11.3. The molecule has 2 rings (SSSR count). The monoisotopic (exact) mass is 400 g/mol. The minimum atomic E-state index is -0.762. The van der Waals surface area contributed by atoms with Crippen molar-refractivity contribution in [3.8, 4) is 5.75 Å². The van der Waals surface area contributed by atoms with E-state index in [1.165, 1.54) is 18.2 Å². The van der Waals surface area contributed by atoms with Gasteiger partial charge >= 0.3 is 0 Å². The van der Waals surface area contributed by atoms with Gasteiger partial charge in [-0.3, -0.25) is 4.79 Å². The number of ether oxygens (including phenoxy) is 1. The average Bonchev–Trinajstić information content (AvgIpc) is 2.45. The Morgan fingerprint density at radius 2 is 2.05 bits per heavy atom. The molecule has 1 amide bonds. The van der Waals surface area contributed by atoms with Crippen LogP contribution in [0.5, 0.6) is 5.75 Å². The van der Waals surface area contributed by atoms with Crippen molar-refractivity contribution in [3.05, 3.63) is 51.9 Å². The molecule has 0 fully saturated rings. The normalized spacial score (nSPS) is 11.8. The summed E-state index contributed by atoms with van der Waals surface area (Å²) < 4.78 is 20.0. The van der Waals surface area contributed by atoms with Gasteiger partial charge in [0.2, 0.25) is 0 Å². The van der Waals surface area contributed by atoms with Gasteiger partial charge in [-0.2, -0.15) is 0 Å². The molecule has 0 aliphatic carbocycles. The molecule has 0 radical (unpaired) electrons. The molecule has 0 saturated carbocycles. The average molecular weight is 400 g/mol. The Balaban J connectivity index is 2.06. The molecule has 1 unspecified atom stereocenters. The minimum Gasteiger partial charge on any atom is -0.480 e. The second-order valence-corrected chi connectivity index (χ2v) is 5.58. The van der Waals surface area contributed by atoms with Crippen molar-refractivity contribution in [2.45, 2.75) is 13.0 Å². The first-order valence-corrected chi connectivity index (χ1v) is 7.32. The number of hydrogen-bond donors (Lipinski definition) is 2. The van der Waals surface area contributed by atoms with Crippen LogP contribution >= 0.6 is 22.6 Å². The number of rotatable bonds is 4. The van der Waals surface area contributed by atoms with Crippen molar-refractivity contribution in [3.63, 3.8) is 0 Å². The quantitative estimate of drug-likeness (QED) is 0.611. The Morgan fingerprint density at radius 3 is 2.76 bits per heavy atom. The lowest BCUT2D eigenvalue weighted by atomic mass is 10.2. The van der Waals surface area contributed by atoms with Crippen molar-refractivity contribution in [1.29, 1.82) is 0 Å². The Morgan fingerprint density at radius 1 is 1.33 bits per heavy atom. The van der Waals surface area contributed by atoms with E-state index in [1.54, 1.807) is 13.0 Å². The van der Waals surface area contributed by atoms with Gasteiger partial charge in [0.05, 0.1) is 9.26 Å². The van der Waals surface area contributed by atoms with E-state index in [1.807, 2.05) is 18.2 Å². The third-order valence-electron chi connectivity index (χ3n) is 2.76. The van der Waals surface area contributed by atoms with Crippen molar-refractivity contribution >= 4 is 39.9 Å². The standard InChI is InChI=1S/C15H14FIN2O2/c1-9(21-14-5-3-2-4-12(14)17)15(20)19-13-8-10(18)6-7-11(13)16/h2-9H,18H2,1H3,(H,19,20). The van der Waals surface area contributed by atoms with E-state index in [0.29, 0.717) is 11.4 Å². The lowest BCUT2D eigenvalue weighted by Gasteiger charge is -2.16. The molecule has 3 N–H and O–H groups in total. The van der Waals surface area contributed by atoms with E-state index in [4.69, 9.17) is 10.5 Å². The van der Waals surface area contributed by atoms with E-state index in [2.05, 4.69) is 27.9 Å². The summed E-state index contributed by atoms with van der Waals surface area (Å²) in [7, 11) is 0. The summed E-state index contributed by atoms with van der Waals surface area (Å²) in [5, 5.41) is 2.47. The summed E-state index contributed by atoms with van der Waals surface area (Å²) in [5.74, 6) is -0.382. The highest BCUT2D eigenvalue weighted by Gasteiger charge is 2.17. The highest BCUT2D eigenvalue weighted by atomic mass is 127. The second-order valence-electron chi connectivity index (χ2n) is 4.42. The van der Waals surface area contributed by atoms with Gasteiger partial charge in [-0.25, -0.2) is 4.39 Å². The van der Waals surface area contributed by atoms with E-state index < -0.39 is 17.8 Å². The van der Waals surface area contributed by atoms with Crippen molar-refractivity contribution in [2.24, 2.45) is 0 Å². The van der Waals surface area contributed by atoms with Gasteiger partial charge in [0.1, 0.15) is 11.6 Å². The zero-order valence-electron chi connectivity index (χ0n) is 11.3. The predicted molar refractivity (Wildman–Crippen MR) is 88.7 cm³/mol. The zero-order valence-corrected chi connectivity index (χ0v) is 13.4. The van der Waals surface area contributed by atoms with Crippen LogP contribution < -0.4 is 15.8 Å². The van der Waals surface area contributed by atoms with Gasteiger partial charge in [0.15, 0.2) is 6.10 Å². The number of nitrogens with two attached hydrogens (primary N) is 1. The number of amides is 1. The van der Waals surface area contributed by atoms with E-state index >= 15 is 0 Å². The maximum atomic E-state index is 13.6. The van der Waals surface area contributed by atoms with Crippen LogP contribution in [0.25, 0.3) is 0 Å². The second kappa shape index (κ2) is 6.75. The molecule has 0 aliphatic rings. The van der Waals surface area contributed by atoms with Crippen LogP contribution in [0.3, 0.4) is 0 Å². The van der Waals surface area contributed by atoms with Crippen molar-refractivity contribution in [2.75, 3.05) is 11.1 Å². The molecule has 21 heavy (non-hydrogen) atoms. The van der Waals surface area contributed by atoms with Crippen LogP contribution in [-0.2, 0) is 4.79 Å². The van der Waals surface area contributed by atoms with E-state index in [0.717, 1.165) is 3.57 Å². The number of carbonyl (C=O) groups excluding carboxylic acids is 1. The Hall–Kier alpha value is -1.83. The molecule has 0 aliphatic heterocycles. The maximum absolute atomic E-state index is 13.6. The molecule has 6 heteroatoms. The number of anilines is 2. The smallest absolute Gasteiger partial charge is 0.265 e. The predicted octanol–water partition coefficient (Wildman–Crippen LogP) is 3.42. The summed E-state index contributed by atoms with van der Waals surface area (Å²) in [4.78, 5) is 12.0. The van der Waals surface area contributed by atoms with Crippen LogP contribution in [0.2, 0.25) is 0 Å². The Labute approximate surface area is 135 Å². The fraction of sp³-hybridized carbons (Fsp3) is 0.133. The van der Waals surface area contributed by atoms with Gasteiger partial charge in [0.25, 0.3) is 5.91 Å². The highest BCUT2D eigenvalue weighted by molar-refractivity contribution is 14.1. The lowest BCUT2D eigenvalue weighted by molar-refractivity contribution is -0.122. The summed E-state index contributed by atoms with van der Waals surface area (Å²) >= 11 is 2.12. The third kappa shape index (κ3) is 4.07. The SMILES string of the molecule is CC(Oc1ccccc1I)C(=O)Nc1cc(N)ccc1F. The van der Waals surface area contributed by atoms with Crippen LogP contribution in [0.1, 0.15) is 6.92 Å². The minimum absolute atomic E-state index is 0.0400. The molecular formula is C15H14FIN2O2. The number of benzene rings is 2. The number of nitrogens with one attached hydrogen (secondary N) is 1. The molecule has 1 atom stereocenters. The van der Waals surface area contributed by atoms with Crippen molar-refractivity contribution in [1.82, 2.24) is 0 Å².